The molecule has 0 heterocycles. The van der Waals surface area contributed by atoms with Crippen LogP contribution in [-0.4, -0.2) is 37.2 Å². The number of carbonyl (C=O) groups excluding carboxylic acids is 3. The molecule has 0 aliphatic heterocycles. The molecule has 0 rings (SSSR count). The van der Waals surface area contributed by atoms with Gasteiger partial charge in [-0.25, -0.2) is 0 Å². The Bertz CT molecular complexity index is 1480. The van der Waals surface area contributed by atoms with Gasteiger partial charge in [-0.2, -0.15) is 0 Å². The lowest BCUT2D eigenvalue weighted by atomic mass is 10.0. The molecule has 78 heavy (non-hydrogen) atoms. The van der Waals surface area contributed by atoms with Gasteiger partial charge in [-0.1, -0.05) is 305 Å². The minimum absolute atomic E-state index is 0.0746. The van der Waals surface area contributed by atoms with Crippen LogP contribution in [-0.2, 0) is 28.6 Å². The molecule has 0 saturated carbocycles. The van der Waals surface area contributed by atoms with E-state index in [9.17, 15) is 14.4 Å². The molecule has 0 N–H and O–H groups in total. The number of esters is 3. The van der Waals surface area contributed by atoms with E-state index in [2.05, 4.69) is 106 Å². The van der Waals surface area contributed by atoms with Gasteiger partial charge in [0.1, 0.15) is 13.2 Å². The summed E-state index contributed by atoms with van der Waals surface area (Å²) in [6.07, 6.45) is 87.8. The molecule has 0 aromatic heterocycles. The quantitative estimate of drug-likeness (QED) is 0.0261. The Hall–Kier alpha value is -3.41. The van der Waals surface area contributed by atoms with E-state index in [0.29, 0.717) is 19.3 Å². The van der Waals surface area contributed by atoms with Crippen molar-refractivity contribution in [1.82, 2.24) is 0 Å². The average molecular weight is 1090 g/mol. The summed E-state index contributed by atoms with van der Waals surface area (Å²) in [5.74, 6) is -0.874. The first-order chi connectivity index (χ1) is 38.5. The van der Waals surface area contributed by atoms with Crippen LogP contribution in [0.25, 0.3) is 0 Å². The molecule has 450 valence electrons. The van der Waals surface area contributed by atoms with Crippen LogP contribution in [0.1, 0.15) is 335 Å². The van der Waals surface area contributed by atoms with E-state index < -0.39 is 6.10 Å². The van der Waals surface area contributed by atoms with E-state index in [1.165, 1.54) is 199 Å². The highest BCUT2D eigenvalue weighted by Crippen LogP contribution is 2.17. The fourth-order valence-electron chi connectivity index (χ4n) is 9.62. The van der Waals surface area contributed by atoms with Crippen LogP contribution in [0.2, 0.25) is 0 Å². The number of allylic oxidation sites excluding steroid dienone is 14. The van der Waals surface area contributed by atoms with Gasteiger partial charge in [0.05, 0.1) is 0 Å². The maximum atomic E-state index is 12.9. The molecule has 6 nitrogen and oxygen atoms in total. The first-order valence-electron chi connectivity index (χ1n) is 33.6. The SMILES string of the molecule is CC/C=C\C/C=C\C/C=C\C/C=C\C/C=C\CCCCCCCCCCCCCC(=O)OCC(COC(=O)CCCCCCCC)OC(=O)CCCCCCCCCCCCCCCCC/C=C\C/C=C\CCCCCCC. The molecular formula is C72H126O6. The van der Waals surface area contributed by atoms with Gasteiger partial charge in [0.25, 0.3) is 0 Å². The van der Waals surface area contributed by atoms with Crippen LogP contribution in [0.5, 0.6) is 0 Å². The third kappa shape index (κ3) is 63.4. The first-order valence-corrected chi connectivity index (χ1v) is 33.6. The van der Waals surface area contributed by atoms with Crippen molar-refractivity contribution in [2.45, 2.75) is 341 Å². The van der Waals surface area contributed by atoms with E-state index in [0.717, 1.165) is 96.3 Å². The normalized spacial score (nSPS) is 12.6. The predicted octanol–water partition coefficient (Wildman–Crippen LogP) is 23.1. The van der Waals surface area contributed by atoms with Gasteiger partial charge in [0.2, 0.25) is 0 Å². The fourth-order valence-corrected chi connectivity index (χ4v) is 9.62. The van der Waals surface area contributed by atoms with E-state index in [1.54, 1.807) is 0 Å². The number of ether oxygens (including phenoxy) is 3. The van der Waals surface area contributed by atoms with Crippen molar-refractivity contribution >= 4 is 17.9 Å². The second-order valence-electron chi connectivity index (χ2n) is 22.4. The van der Waals surface area contributed by atoms with Gasteiger partial charge in [-0.05, 0) is 96.3 Å². The molecule has 0 radical (unpaired) electrons. The zero-order chi connectivity index (χ0) is 56.4. The van der Waals surface area contributed by atoms with Crippen LogP contribution in [0.4, 0.5) is 0 Å². The zero-order valence-electron chi connectivity index (χ0n) is 51.7. The highest BCUT2D eigenvalue weighted by molar-refractivity contribution is 5.71. The molecule has 0 bridgehead atoms. The minimum Gasteiger partial charge on any atom is -0.462 e. The maximum absolute atomic E-state index is 12.9. The Morgan fingerprint density at radius 1 is 0.269 bits per heavy atom. The third-order valence-electron chi connectivity index (χ3n) is 14.6. The maximum Gasteiger partial charge on any atom is 0.306 e. The highest BCUT2D eigenvalue weighted by atomic mass is 16.6. The number of hydrogen-bond donors (Lipinski definition) is 0. The summed E-state index contributed by atoms with van der Waals surface area (Å²) in [7, 11) is 0. The van der Waals surface area contributed by atoms with Crippen LogP contribution >= 0.6 is 0 Å². The summed E-state index contributed by atoms with van der Waals surface area (Å²) < 4.78 is 16.8. The Labute approximate surface area is 484 Å². The van der Waals surface area contributed by atoms with Crippen LogP contribution in [0, 0.1) is 0 Å². The standard InChI is InChI=1S/C72H126O6/c1-4-7-10-13-16-18-20-22-24-26-28-30-32-34-36-38-40-42-44-46-48-50-52-54-56-59-62-65-71(74)77-68-69(67-76-70(73)64-61-58-15-12-9-6-3)78-72(75)66-63-60-57-55-53-51-49-47-45-43-41-39-37-35-33-31-29-27-25-23-21-19-17-14-11-8-5-2/h7,10,16,18,21-24,27-30,34,36,69H,4-6,8-9,11-15,17,19-20,25-26,31-33,35,37-68H2,1-3H3/b10-7-,18-16-,23-21-,24-22-,29-27-,30-28-,36-34-. The lowest BCUT2D eigenvalue weighted by Gasteiger charge is -2.18. The van der Waals surface area contributed by atoms with Gasteiger partial charge in [0, 0.05) is 19.3 Å². The molecule has 1 atom stereocenters. The molecule has 0 spiro atoms. The van der Waals surface area contributed by atoms with Crippen molar-refractivity contribution in [3.63, 3.8) is 0 Å². The first kappa shape index (κ1) is 74.6. The van der Waals surface area contributed by atoms with Gasteiger partial charge in [-0.15, -0.1) is 0 Å². The lowest BCUT2D eigenvalue weighted by molar-refractivity contribution is -0.167. The molecule has 0 saturated heterocycles. The summed E-state index contributed by atoms with van der Waals surface area (Å²) >= 11 is 0. The Kier molecular flexibility index (Phi) is 63.2. The van der Waals surface area contributed by atoms with Crippen molar-refractivity contribution in [2.24, 2.45) is 0 Å². The number of hydrogen-bond acceptors (Lipinski definition) is 6. The molecule has 0 fully saturated rings. The molecule has 0 aliphatic carbocycles. The highest BCUT2D eigenvalue weighted by Gasteiger charge is 2.19. The van der Waals surface area contributed by atoms with E-state index in [4.69, 9.17) is 14.2 Å². The summed E-state index contributed by atoms with van der Waals surface area (Å²) in [6.45, 7) is 6.49. The average Bonchev–Trinajstić information content (AvgIpc) is 3.44. The van der Waals surface area contributed by atoms with Gasteiger partial charge < -0.3 is 14.2 Å². The Balaban J connectivity index is 4.05. The predicted molar refractivity (Wildman–Crippen MR) is 339 cm³/mol. The van der Waals surface area contributed by atoms with E-state index >= 15 is 0 Å². The topological polar surface area (TPSA) is 78.9 Å². The van der Waals surface area contributed by atoms with E-state index in [1.807, 2.05) is 0 Å². The molecular weight excluding hydrogens is 961 g/mol. The third-order valence-corrected chi connectivity index (χ3v) is 14.6. The fraction of sp³-hybridized carbons (Fsp3) is 0.764. The molecule has 0 amide bonds. The molecule has 1 unspecified atom stereocenters. The van der Waals surface area contributed by atoms with Crippen molar-refractivity contribution in [3.05, 3.63) is 85.1 Å². The summed E-state index contributed by atoms with van der Waals surface area (Å²) in [5.41, 5.74) is 0. The number of unbranched alkanes of at least 4 members (excludes halogenated alkanes) is 36. The second-order valence-corrected chi connectivity index (χ2v) is 22.4. The summed E-state index contributed by atoms with van der Waals surface area (Å²) in [4.78, 5) is 38.1. The van der Waals surface area contributed by atoms with Crippen molar-refractivity contribution < 1.29 is 28.6 Å². The van der Waals surface area contributed by atoms with Crippen molar-refractivity contribution in [3.8, 4) is 0 Å². The molecule has 6 heteroatoms. The Morgan fingerprint density at radius 2 is 0.500 bits per heavy atom. The Morgan fingerprint density at radius 3 is 0.782 bits per heavy atom. The molecule has 0 aromatic carbocycles. The van der Waals surface area contributed by atoms with E-state index in [-0.39, 0.29) is 31.1 Å². The van der Waals surface area contributed by atoms with Crippen LogP contribution < -0.4 is 0 Å². The summed E-state index contributed by atoms with van der Waals surface area (Å²) in [5, 5.41) is 0. The van der Waals surface area contributed by atoms with Crippen LogP contribution in [0.15, 0.2) is 85.1 Å². The monoisotopic (exact) mass is 1090 g/mol. The molecule has 0 aromatic rings. The second kappa shape index (κ2) is 66.1. The van der Waals surface area contributed by atoms with Gasteiger partial charge >= 0.3 is 17.9 Å². The number of rotatable bonds is 61. The largest absolute Gasteiger partial charge is 0.462 e. The zero-order valence-corrected chi connectivity index (χ0v) is 51.7. The van der Waals surface area contributed by atoms with Crippen LogP contribution in [0.3, 0.4) is 0 Å². The minimum atomic E-state index is -0.774. The molecule has 0 aliphatic rings. The van der Waals surface area contributed by atoms with Crippen molar-refractivity contribution in [2.75, 3.05) is 13.2 Å². The lowest BCUT2D eigenvalue weighted by Crippen LogP contribution is -2.30. The van der Waals surface area contributed by atoms with Gasteiger partial charge in [-0.3, -0.25) is 14.4 Å². The smallest absolute Gasteiger partial charge is 0.306 e. The summed E-state index contributed by atoms with van der Waals surface area (Å²) in [6, 6.07) is 0. The van der Waals surface area contributed by atoms with Crippen molar-refractivity contribution in [1.29, 1.82) is 0 Å². The van der Waals surface area contributed by atoms with Gasteiger partial charge in [0.15, 0.2) is 6.10 Å². The number of carbonyl (C=O) groups is 3.